The summed E-state index contributed by atoms with van der Waals surface area (Å²) in [5, 5.41) is 0. The van der Waals surface area contributed by atoms with Crippen LogP contribution in [-0.4, -0.2) is 6.61 Å². The zero-order valence-corrected chi connectivity index (χ0v) is 11.7. The van der Waals surface area contributed by atoms with Crippen LogP contribution in [0.2, 0.25) is 0 Å². The largest absolute Gasteiger partial charge is 0.490 e. The summed E-state index contributed by atoms with van der Waals surface area (Å²) in [6.07, 6.45) is 0. The number of rotatable bonds is 6. The minimum absolute atomic E-state index is 0.0965. The predicted octanol–water partition coefficient (Wildman–Crippen LogP) is 3.40. The van der Waals surface area contributed by atoms with Gasteiger partial charge in [-0.15, -0.1) is 0 Å². The Morgan fingerprint density at radius 2 is 1.86 bits per heavy atom. The fraction of sp³-hybridized carbons (Fsp3) is 0.250. The first-order chi connectivity index (χ1) is 10.2. The normalized spacial score (nSPS) is 10.5. The Bertz CT molecular complexity index is 617. The molecule has 0 radical (unpaired) electrons. The Morgan fingerprint density at radius 3 is 2.57 bits per heavy atom. The lowest BCUT2D eigenvalue weighted by Gasteiger charge is -2.15. The molecule has 0 aliphatic carbocycles. The average molecular weight is 293 g/mol. The summed E-state index contributed by atoms with van der Waals surface area (Å²) in [6.45, 7) is 2.49. The van der Waals surface area contributed by atoms with E-state index in [0.717, 1.165) is 23.8 Å². The third-order valence-corrected chi connectivity index (χ3v) is 2.96. The van der Waals surface area contributed by atoms with Crippen LogP contribution in [0.3, 0.4) is 0 Å². The van der Waals surface area contributed by atoms with E-state index in [4.69, 9.17) is 15.2 Å². The Balaban J connectivity index is 2.24. The Labute approximate surface area is 122 Å². The first-order valence-electron chi connectivity index (χ1n) is 6.67. The summed E-state index contributed by atoms with van der Waals surface area (Å²) in [4.78, 5) is 0. The van der Waals surface area contributed by atoms with Crippen molar-refractivity contribution in [3.8, 4) is 11.5 Å². The molecule has 0 saturated heterocycles. The number of para-hydroxylation sites is 1. The molecule has 2 aromatic rings. The minimum atomic E-state index is -0.514. The van der Waals surface area contributed by atoms with Gasteiger partial charge in [-0.1, -0.05) is 12.1 Å². The van der Waals surface area contributed by atoms with Crippen molar-refractivity contribution in [2.24, 2.45) is 5.73 Å². The highest BCUT2D eigenvalue weighted by molar-refractivity contribution is 5.46. The molecule has 2 N–H and O–H groups in total. The number of benzene rings is 2. The van der Waals surface area contributed by atoms with Crippen molar-refractivity contribution in [1.82, 2.24) is 0 Å². The first kappa shape index (κ1) is 15.3. The van der Waals surface area contributed by atoms with Crippen LogP contribution in [-0.2, 0) is 13.2 Å². The van der Waals surface area contributed by atoms with E-state index in [2.05, 4.69) is 0 Å². The second-order valence-corrected chi connectivity index (χ2v) is 4.41. The van der Waals surface area contributed by atoms with E-state index in [1.165, 1.54) is 0 Å². The van der Waals surface area contributed by atoms with Crippen molar-refractivity contribution in [3.05, 3.63) is 59.2 Å². The van der Waals surface area contributed by atoms with Crippen molar-refractivity contribution in [1.29, 1.82) is 0 Å². The topological polar surface area (TPSA) is 44.5 Å². The van der Waals surface area contributed by atoms with E-state index in [0.29, 0.717) is 18.1 Å². The quantitative estimate of drug-likeness (QED) is 0.887. The molecule has 0 unspecified atom stereocenters. The lowest BCUT2D eigenvalue weighted by molar-refractivity contribution is 0.263. The molecular weight excluding hydrogens is 276 g/mol. The minimum Gasteiger partial charge on any atom is -0.490 e. The molecule has 3 nitrogen and oxygen atoms in total. The van der Waals surface area contributed by atoms with Crippen LogP contribution in [0, 0.1) is 11.6 Å². The number of ether oxygens (including phenoxy) is 2. The summed E-state index contributed by atoms with van der Waals surface area (Å²) in [5.41, 5.74) is 6.56. The Hall–Kier alpha value is -2.14. The Kier molecular flexibility index (Phi) is 5.11. The van der Waals surface area contributed by atoms with Gasteiger partial charge in [-0.2, -0.15) is 0 Å². The molecule has 0 aliphatic rings. The number of halogens is 2. The second kappa shape index (κ2) is 7.04. The van der Waals surface area contributed by atoms with Gasteiger partial charge in [0.15, 0.2) is 11.5 Å². The monoisotopic (exact) mass is 293 g/mol. The van der Waals surface area contributed by atoms with Crippen molar-refractivity contribution in [2.75, 3.05) is 6.61 Å². The SMILES string of the molecule is CCOc1cccc(CN)c1OCc1cc(F)ccc1F. The standard InChI is InChI=1S/C16H17F2NO2/c1-2-20-15-5-3-4-11(9-19)16(15)21-10-12-8-13(17)6-7-14(12)18/h3-8H,2,9-10,19H2,1H3. The average Bonchev–Trinajstić information content (AvgIpc) is 2.49. The van der Waals surface area contributed by atoms with Crippen LogP contribution in [0.15, 0.2) is 36.4 Å². The van der Waals surface area contributed by atoms with Crippen LogP contribution in [0.5, 0.6) is 11.5 Å². The summed E-state index contributed by atoms with van der Waals surface area (Å²) >= 11 is 0. The predicted molar refractivity (Wildman–Crippen MR) is 76.2 cm³/mol. The molecule has 2 rings (SSSR count). The molecular formula is C16H17F2NO2. The van der Waals surface area contributed by atoms with E-state index < -0.39 is 11.6 Å². The summed E-state index contributed by atoms with van der Waals surface area (Å²) in [5.74, 6) is -0.0190. The number of hydrogen-bond acceptors (Lipinski definition) is 3. The van der Waals surface area contributed by atoms with Crippen LogP contribution < -0.4 is 15.2 Å². The number of hydrogen-bond donors (Lipinski definition) is 1. The van der Waals surface area contributed by atoms with Gasteiger partial charge in [-0.05, 0) is 31.2 Å². The smallest absolute Gasteiger partial charge is 0.166 e. The highest BCUT2D eigenvalue weighted by atomic mass is 19.1. The Morgan fingerprint density at radius 1 is 1.05 bits per heavy atom. The molecule has 0 atom stereocenters. The molecule has 0 spiro atoms. The highest BCUT2D eigenvalue weighted by Crippen LogP contribution is 2.32. The van der Waals surface area contributed by atoms with E-state index in [-0.39, 0.29) is 18.7 Å². The van der Waals surface area contributed by atoms with Gasteiger partial charge >= 0.3 is 0 Å². The van der Waals surface area contributed by atoms with Gasteiger partial charge in [-0.25, -0.2) is 8.78 Å². The van der Waals surface area contributed by atoms with E-state index in [9.17, 15) is 8.78 Å². The van der Waals surface area contributed by atoms with Gasteiger partial charge in [0.25, 0.3) is 0 Å². The summed E-state index contributed by atoms with van der Waals surface area (Å²) in [6, 6.07) is 8.62. The molecule has 0 aromatic heterocycles. The highest BCUT2D eigenvalue weighted by Gasteiger charge is 2.12. The molecule has 2 aromatic carbocycles. The van der Waals surface area contributed by atoms with E-state index >= 15 is 0 Å². The van der Waals surface area contributed by atoms with E-state index in [1.807, 2.05) is 13.0 Å². The van der Waals surface area contributed by atoms with Gasteiger partial charge in [0, 0.05) is 17.7 Å². The molecule has 0 saturated carbocycles. The summed E-state index contributed by atoms with van der Waals surface area (Å²) < 4.78 is 37.8. The molecule has 0 bridgehead atoms. The van der Waals surface area contributed by atoms with Gasteiger partial charge in [0.2, 0.25) is 0 Å². The molecule has 0 fully saturated rings. The molecule has 0 heterocycles. The van der Waals surface area contributed by atoms with Crippen LogP contribution in [0.25, 0.3) is 0 Å². The molecule has 0 amide bonds. The van der Waals surface area contributed by atoms with Gasteiger partial charge in [0.05, 0.1) is 6.61 Å². The molecule has 5 heteroatoms. The lowest BCUT2D eigenvalue weighted by Crippen LogP contribution is -2.06. The fourth-order valence-corrected chi connectivity index (χ4v) is 1.96. The second-order valence-electron chi connectivity index (χ2n) is 4.41. The van der Waals surface area contributed by atoms with Gasteiger partial charge < -0.3 is 15.2 Å². The van der Waals surface area contributed by atoms with Crippen LogP contribution >= 0.6 is 0 Å². The van der Waals surface area contributed by atoms with Crippen molar-refractivity contribution < 1.29 is 18.3 Å². The maximum Gasteiger partial charge on any atom is 0.166 e. The van der Waals surface area contributed by atoms with Crippen molar-refractivity contribution >= 4 is 0 Å². The van der Waals surface area contributed by atoms with Crippen LogP contribution in [0.4, 0.5) is 8.78 Å². The summed E-state index contributed by atoms with van der Waals surface area (Å²) in [7, 11) is 0. The number of nitrogens with two attached hydrogens (primary N) is 1. The van der Waals surface area contributed by atoms with Crippen LogP contribution in [0.1, 0.15) is 18.1 Å². The zero-order valence-electron chi connectivity index (χ0n) is 11.7. The molecule has 0 aliphatic heterocycles. The lowest BCUT2D eigenvalue weighted by atomic mass is 10.1. The maximum atomic E-state index is 13.6. The third kappa shape index (κ3) is 3.70. The van der Waals surface area contributed by atoms with Crippen molar-refractivity contribution in [3.63, 3.8) is 0 Å². The fourth-order valence-electron chi connectivity index (χ4n) is 1.96. The molecule has 21 heavy (non-hydrogen) atoms. The van der Waals surface area contributed by atoms with E-state index in [1.54, 1.807) is 12.1 Å². The van der Waals surface area contributed by atoms with Gasteiger partial charge in [0.1, 0.15) is 18.2 Å². The maximum absolute atomic E-state index is 13.6. The molecule has 112 valence electrons. The van der Waals surface area contributed by atoms with Gasteiger partial charge in [-0.3, -0.25) is 0 Å². The zero-order chi connectivity index (χ0) is 15.2. The first-order valence-corrected chi connectivity index (χ1v) is 6.67. The third-order valence-electron chi connectivity index (χ3n) is 2.96. The van der Waals surface area contributed by atoms with Crippen molar-refractivity contribution in [2.45, 2.75) is 20.1 Å².